The lowest BCUT2D eigenvalue weighted by molar-refractivity contribution is -0.129. The second-order valence-corrected chi connectivity index (χ2v) is 6.96. The molecule has 0 bridgehead atoms. The molecule has 2 heterocycles. The number of likely N-dealkylation sites (tertiary alicyclic amines) is 1. The van der Waals surface area contributed by atoms with E-state index in [1.807, 2.05) is 17.0 Å². The molecule has 2 atom stereocenters. The van der Waals surface area contributed by atoms with Gasteiger partial charge in [0, 0.05) is 17.8 Å². The van der Waals surface area contributed by atoms with E-state index in [0.29, 0.717) is 24.8 Å². The van der Waals surface area contributed by atoms with Crippen molar-refractivity contribution < 1.29 is 4.79 Å². The molecule has 5 heteroatoms. The summed E-state index contributed by atoms with van der Waals surface area (Å²) in [5, 5.41) is 3.35. The highest BCUT2D eigenvalue weighted by atomic mass is 35.5. The molecule has 1 saturated heterocycles. The zero-order chi connectivity index (χ0) is 14.8. The van der Waals surface area contributed by atoms with Gasteiger partial charge in [0.05, 0.1) is 6.42 Å². The van der Waals surface area contributed by atoms with Crippen LogP contribution in [0.3, 0.4) is 0 Å². The van der Waals surface area contributed by atoms with Gasteiger partial charge in [0.15, 0.2) is 0 Å². The molecule has 1 aromatic carbocycles. The van der Waals surface area contributed by atoms with Crippen LogP contribution in [0.2, 0.25) is 0 Å². The fraction of sp³-hybridized carbons (Fsp3) is 0.471. The summed E-state index contributed by atoms with van der Waals surface area (Å²) in [4.78, 5) is 14.6. The maximum Gasteiger partial charge on any atom is 0.227 e. The molecule has 3 nitrogen and oxygen atoms in total. The van der Waals surface area contributed by atoms with Crippen molar-refractivity contribution in [3.63, 3.8) is 0 Å². The first kappa shape index (κ1) is 17.3. The molecule has 120 valence electrons. The van der Waals surface area contributed by atoms with Crippen LogP contribution in [0.5, 0.6) is 0 Å². The molecule has 1 aliphatic heterocycles. The predicted molar refractivity (Wildman–Crippen MR) is 95.7 cm³/mol. The molecule has 0 spiro atoms. The number of amides is 1. The van der Waals surface area contributed by atoms with E-state index in [-0.39, 0.29) is 18.3 Å². The van der Waals surface area contributed by atoms with Gasteiger partial charge >= 0.3 is 0 Å². The van der Waals surface area contributed by atoms with Crippen molar-refractivity contribution >= 4 is 39.7 Å². The van der Waals surface area contributed by atoms with Crippen molar-refractivity contribution in [3.05, 3.63) is 35.2 Å². The number of thiophene rings is 1. The fourth-order valence-corrected chi connectivity index (χ4v) is 4.23. The molecular weight excluding hydrogens is 316 g/mol. The molecule has 1 aromatic heterocycles. The average molecular weight is 339 g/mol. The van der Waals surface area contributed by atoms with Gasteiger partial charge < -0.3 is 10.6 Å². The Balaban J connectivity index is 0.00000176. The van der Waals surface area contributed by atoms with Gasteiger partial charge in [-0.2, -0.15) is 0 Å². The lowest BCUT2D eigenvalue weighted by atomic mass is 9.95. The lowest BCUT2D eigenvalue weighted by Crippen LogP contribution is -2.30. The number of hydrogen-bond acceptors (Lipinski definition) is 3. The van der Waals surface area contributed by atoms with E-state index < -0.39 is 0 Å². The number of nitrogens with two attached hydrogens (primary N) is 1. The summed E-state index contributed by atoms with van der Waals surface area (Å²) in [7, 11) is 0. The Bertz CT molecular complexity index is 642. The van der Waals surface area contributed by atoms with E-state index in [9.17, 15) is 4.79 Å². The van der Waals surface area contributed by atoms with Gasteiger partial charge in [-0.05, 0) is 47.2 Å². The zero-order valence-corrected chi connectivity index (χ0v) is 14.5. The SMILES string of the molecule is CC1CN(C(=O)Cc2csc3ccccc23)CC1CCN.Cl. The van der Waals surface area contributed by atoms with E-state index in [4.69, 9.17) is 5.73 Å². The number of halogens is 1. The van der Waals surface area contributed by atoms with Crippen LogP contribution in [0.1, 0.15) is 18.9 Å². The van der Waals surface area contributed by atoms with Crippen molar-refractivity contribution in [3.8, 4) is 0 Å². The van der Waals surface area contributed by atoms with E-state index in [1.54, 1.807) is 11.3 Å². The van der Waals surface area contributed by atoms with E-state index in [0.717, 1.165) is 25.1 Å². The smallest absolute Gasteiger partial charge is 0.227 e. The van der Waals surface area contributed by atoms with Crippen LogP contribution >= 0.6 is 23.7 Å². The fourth-order valence-electron chi connectivity index (χ4n) is 3.27. The van der Waals surface area contributed by atoms with Crippen LogP contribution in [0.4, 0.5) is 0 Å². The van der Waals surface area contributed by atoms with E-state index >= 15 is 0 Å². The molecule has 3 rings (SSSR count). The van der Waals surface area contributed by atoms with Crippen LogP contribution < -0.4 is 5.73 Å². The summed E-state index contributed by atoms with van der Waals surface area (Å²) >= 11 is 1.72. The number of fused-ring (bicyclic) bond motifs is 1. The van der Waals surface area contributed by atoms with Gasteiger partial charge in [-0.1, -0.05) is 25.1 Å². The molecule has 2 N–H and O–H groups in total. The monoisotopic (exact) mass is 338 g/mol. The van der Waals surface area contributed by atoms with E-state index in [1.165, 1.54) is 10.1 Å². The van der Waals surface area contributed by atoms with Crippen molar-refractivity contribution in [2.75, 3.05) is 19.6 Å². The molecule has 0 aliphatic carbocycles. The molecule has 0 radical (unpaired) electrons. The quantitative estimate of drug-likeness (QED) is 0.929. The summed E-state index contributed by atoms with van der Waals surface area (Å²) in [5.74, 6) is 1.39. The van der Waals surface area contributed by atoms with Crippen molar-refractivity contribution in [1.82, 2.24) is 4.90 Å². The van der Waals surface area contributed by atoms with E-state index in [2.05, 4.69) is 24.4 Å². The Hall–Kier alpha value is -1.10. The zero-order valence-electron chi connectivity index (χ0n) is 12.8. The topological polar surface area (TPSA) is 46.3 Å². The van der Waals surface area contributed by atoms with Crippen molar-refractivity contribution in [2.24, 2.45) is 17.6 Å². The summed E-state index contributed by atoms with van der Waals surface area (Å²) in [6.45, 7) is 4.70. The highest BCUT2D eigenvalue weighted by molar-refractivity contribution is 7.17. The average Bonchev–Trinajstić information content (AvgIpc) is 3.05. The number of rotatable bonds is 4. The molecule has 2 aromatic rings. The Kier molecular flexibility index (Phi) is 5.84. The minimum Gasteiger partial charge on any atom is -0.342 e. The third kappa shape index (κ3) is 3.45. The van der Waals surface area contributed by atoms with Gasteiger partial charge in [-0.15, -0.1) is 23.7 Å². The maximum absolute atomic E-state index is 12.6. The Labute approximate surface area is 141 Å². The first-order valence-electron chi connectivity index (χ1n) is 7.62. The Morgan fingerprint density at radius 1 is 1.36 bits per heavy atom. The summed E-state index contributed by atoms with van der Waals surface area (Å²) in [6.07, 6.45) is 1.54. The summed E-state index contributed by atoms with van der Waals surface area (Å²) in [5.41, 5.74) is 6.82. The van der Waals surface area contributed by atoms with Crippen LogP contribution in [-0.4, -0.2) is 30.4 Å². The first-order valence-corrected chi connectivity index (χ1v) is 8.50. The van der Waals surface area contributed by atoms with Gasteiger partial charge in [0.1, 0.15) is 0 Å². The Morgan fingerprint density at radius 2 is 2.14 bits per heavy atom. The largest absolute Gasteiger partial charge is 0.342 e. The van der Waals surface area contributed by atoms with Crippen molar-refractivity contribution in [2.45, 2.75) is 19.8 Å². The molecule has 0 saturated carbocycles. The number of nitrogens with zero attached hydrogens (tertiary/aromatic N) is 1. The summed E-state index contributed by atoms with van der Waals surface area (Å²) in [6, 6.07) is 8.31. The second kappa shape index (κ2) is 7.44. The maximum atomic E-state index is 12.6. The third-order valence-electron chi connectivity index (χ3n) is 4.56. The van der Waals surface area contributed by atoms with Crippen LogP contribution in [0.25, 0.3) is 10.1 Å². The molecule has 1 aliphatic rings. The van der Waals surface area contributed by atoms with Gasteiger partial charge in [0.2, 0.25) is 5.91 Å². The molecule has 1 amide bonds. The minimum absolute atomic E-state index is 0. The first-order chi connectivity index (χ1) is 10.2. The van der Waals surface area contributed by atoms with Gasteiger partial charge in [0.25, 0.3) is 0 Å². The molecular formula is C17H23ClN2OS. The third-order valence-corrected chi connectivity index (χ3v) is 5.57. The second-order valence-electron chi connectivity index (χ2n) is 6.05. The lowest BCUT2D eigenvalue weighted by Gasteiger charge is -2.16. The van der Waals surface area contributed by atoms with Crippen LogP contribution in [0.15, 0.2) is 29.6 Å². The number of carbonyl (C=O) groups is 1. The molecule has 22 heavy (non-hydrogen) atoms. The summed E-state index contributed by atoms with van der Waals surface area (Å²) < 4.78 is 1.26. The highest BCUT2D eigenvalue weighted by Gasteiger charge is 2.31. The molecule has 2 unspecified atom stereocenters. The van der Waals surface area contributed by atoms with Crippen LogP contribution in [-0.2, 0) is 11.2 Å². The number of benzene rings is 1. The normalized spacial score (nSPS) is 21.1. The highest BCUT2D eigenvalue weighted by Crippen LogP contribution is 2.29. The minimum atomic E-state index is 0. The predicted octanol–water partition coefficient (Wildman–Crippen LogP) is 3.31. The van der Waals surface area contributed by atoms with Crippen LogP contribution in [0, 0.1) is 11.8 Å². The standard InChI is InChI=1S/C17H22N2OS.ClH/c1-12-9-19(10-13(12)6-7-18)17(20)8-14-11-21-16-5-3-2-4-15(14)16;/h2-5,11-13H,6-10,18H2,1H3;1H. The van der Waals surface area contributed by atoms with Gasteiger partial charge in [-0.3, -0.25) is 4.79 Å². The van der Waals surface area contributed by atoms with Gasteiger partial charge in [-0.25, -0.2) is 0 Å². The Morgan fingerprint density at radius 3 is 2.91 bits per heavy atom. The van der Waals surface area contributed by atoms with Crippen molar-refractivity contribution in [1.29, 1.82) is 0 Å². The molecule has 1 fully saturated rings. The number of carbonyl (C=O) groups excluding carboxylic acids is 1. The number of hydrogen-bond donors (Lipinski definition) is 1.